The summed E-state index contributed by atoms with van der Waals surface area (Å²) in [6.07, 6.45) is 3.00. The molecule has 0 saturated heterocycles. The molecule has 2 N–H and O–H groups in total. The molecule has 0 spiro atoms. The predicted molar refractivity (Wildman–Crippen MR) is 116 cm³/mol. The number of dihydropyridines is 1. The normalized spacial score (nSPS) is 21.0. The van der Waals surface area contributed by atoms with Gasteiger partial charge in [-0.1, -0.05) is 26.0 Å². The molecule has 29 heavy (non-hydrogen) atoms. The number of ketones is 1. The number of amides is 1. The molecule has 2 aliphatic rings. The minimum absolute atomic E-state index is 0.0885. The molecule has 2 aromatic rings. The lowest BCUT2D eigenvalue weighted by Gasteiger charge is -2.39. The fraction of sp³-hybridized carbons (Fsp3) is 0.348. The van der Waals surface area contributed by atoms with Crippen molar-refractivity contribution in [2.45, 2.75) is 46.5 Å². The van der Waals surface area contributed by atoms with Crippen LogP contribution in [0.15, 0.2) is 58.4 Å². The lowest BCUT2D eigenvalue weighted by molar-refractivity contribution is -0.118. The number of Topliss-reactive ketones (excluding diaryl/α,β-unsaturated/α-hetero) is 1. The molecule has 0 unspecified atom stereocenters. The lowest BCUT2D eigenvalue weighted by atomic mass is 9.69. The summed E-state index contributed by atoms with van der Waals surface area (Å²) in [5.41, 5.74) is 4.00. The van der Waals surface area contributed by atoms with E-state index >= 15 is 0 Å². The second-order valence-electron chi connectivity index (χ2n) is 8.62. The van der Waals surface area contributed by atoms with Gasteiger partial charge in [-0.05, 0) is 48.8 Å². The quantitative estimate of drug-likeness (QED) is 0.774. The molecule has 6 heteroatoms. The fourth-order valence-electron chi connectivity index (χ4n) is 4.20. The number of aryl methyl sites for hydroxylation is 1. The van der Waals surface area contributed by atoms with Gasteiger partial charge in [0.25, 0.3) is 5.91 Å². The van der Waals surface area contributed by atoms with E-state index in [0.717, 1.165) is 33.8 Å². The van der Waals surface area contributed by atoms with Crippen LogP contribution >= 0.6 is 11.3 Å². The van der Waals surface area contributed by atoms with Crippen molar-refractivity contribution in [3.05, 3.63) is 68.8 Å². The van der Waals surface area contributed by atoms with Crippen LogP contribution in [0.25, 0.3) is 0 Å². The van der Waals surface area contributed by atoms with Gasteiger partial charge in [-0.3, -0.25) is 9.59 Å². The molecule has 0 saturated carbocycles. The number of nitrogens with one attached hydrogen (secondary N) is 2. The van der Waals surface area contributed by atoms with E-state index in [2.05, 4.69) is 29.5 Å². The van der Waals surface area contributed by atoms with Crippen LogP contribution in [0, 0.1) is 12.3 Å². The molecular formula is C23H25N3O2S. The van der Waals surface area contributed by atoms with E-state index in [1.165, 1.54) is 0 Å². The predicted octanol–water partition coefficient (Wildman–Crippen LogP) is 4.69. The summed E-state index contributed by atoms with van der Waals surface area (Å²) in [5.74, 6) is 0.0457. The fourth-order valence-corrected chi connectivity index (χ4v) is 5.05. The average Bonchev–Trinajstić information content (AvgIpc) is 3.15. The van der Waals surface area contributed by atoms with Crippen LogP contribution in [0.5, 0.6) is 0 Å². The number of aromatic nitrogens is 1. The van der Waals surface area contributed by atoms with Crippen molar-refractivity contribution in [1.82, 2.24) is 10.3 Å². The van der Waals surface area contributed by atoms with Gasteiger partial charge in [0.1, 0.15) is 5.82 Å². The zero-order chi connectivity index (χ0) is 20.8. The Kier molecular flexibility index (Phi) is 4.90. The SMILES string of the molecule is CC1=C(C(=O)Nc2ccc(C)cn2)[C@H](c2cccs2)C2=C(CC(C)(C)CC2=O)N1. The Bertz CT molecular complexity index is 1030. The van der Waals surface area contributed by atoms with Crippen molar-refractivity contribution >= 4 is 28.8 Å². The zero-order valence-corrected chi connectivity index (χ0v) is 17.9. The van der Waals surface area contributed by atoms with E-state index in [1.54, 1.807) is 23.6 Å². The van der Waals surface area contributed by atoms with E-state index in [1.807, 2.05) is 37.4 Å². The third-order valence-corrected chi connectivity index (χ3v) is 6.40. The summed E-state index contributed by atoms with van der Waals surface area (Å²) in [7, 11) is 0. The largest absolute Gasteiger partial charge is 0.362 e. The first-order chi connectivity index (χ1) is 13.7. The number of allylic oxidation sites excluding steroid dienone is 3. The highest BCUT2D eigenvalue weighted by Gasteiger charge is 2.43. The molecule has 1 aliphatic carbocycles. The van der Waals surface area contributed by atoms with E-state index in [-0.39, 0.29) is 23.0 Å². The molecule has 0 aromatic carbocycles. The average molecular weight is 408 g/mol. The first kappa shape index (κ1) is 19.6. The van der Waals surface area contributed by atoms with E-state index < -0.39 is 0 Å². The minimum Gasteiger partial charge on any atom is -0.362 e. The highest BCUT2D eigenvalue weighted by molar-refractivity contribution is 7.10. The molecule has 0 radical (unpaired) electrons. The molecule has 5 nitrogen and oxygen atoms in total. The van der Waals surface area contributed by atoms with Crippen LogP contribution < -0.4 is 10.6 Å². The van der Waals surface area contributed by atoms with E-state index in [9.17, 15) is 9.59 Å². The standard InChI is InChI=1S/C23H25N3O2S/c1-13-7-8-18(24-12-13)26-22(28)19-14(2)25-15-10-23(3,4)11-16(27)20(15)21(19)17-6-5-9-29-17/h5-9,12,21,25H,10-11H2,1-4H3,(H,24,26,28)/t21-/m0/s1. The van der Waals surface area contributed by atoms with Gasteiger partial charge in [0.05, 0.1) is 5.92 Å². The smallest absolute Gasteiger partial charge is 0.255 e. The second-order valence-corrected chi connectivity index (χ2v) is 9.60. The highest BCUT2D eigenvalue weighted by atomic mass is 32.1. The van der Waals surface area contributed by atoms with E-state index in [0.29, 0.717) is 17.8 Å². The van der Waals surface area contributed by atoms with Gasteiger partial charge in [-0.15, -0.1) is 11.3 Å². The molecule has 3 heterocycles. The number of carbonyl (C=O) groups excluding carboxylic acids is 2. The summed E-state index contributed by atoms with van der Waals surface area (Å²) in [5, 5.41) is 8.28. The molecule has 1 atom stereocenters. The van der Waals surface area contributed by atoms with Gasteiger partial charge >= 0.3 is 0 Å². The summed E-state index contributed by atoms with van der Waals surface area (Å²) in [4.78, 5) is 31.8. The first-order valence-corrected chi connectivity index (χ1v) is 10.6. The maximum atomic E-state index is 13.3. The van der Waals surface area contributed by atoms with Gasteiger partial charge in [-0.25, -0.2) is 4.98 Å². The maximum Gasteiger partial charge on any atom is 0.255 e. The Morgan fingerprint density at radius 3 is 2.69 bits per heavy atom. The van der Waals surface area contributed by atoms with Crippen LogP contribution in [0.3, 0.4) is 0 Å². The Hall–Kier alpha value is -2.73. The van der Waals surface area contributed by atoms with Crippen molar-refractivity contribution in [2.24, 2.45) is 5.41 Å². The number of rotatable bonds is 3. The molecule has 150 valence electrons. The van der Waals surface area contributed by atoms with Gasteiger partial charge in [0.2, 0.25) is 0 Å². The number of thiophene rings is 1. The number of pyridine rings is 1. The number of anilines is 1. The molecule has 0 fully saturated rings. The molecule has 1 amide bonds. The minimum atomic E-state index is -0.347. The van der Waals surface area contributed by atoms with E-state index in [4.69, 9.17) is 0 Å². The monoisotopic (exact) mass is 407 g/mol. The van der Waals surface area contributed by atoms with Crippen LogP contribution in [0.2, 0.25) is 0 Å². The highest BCUT2D eigenvalue weighted by Crippen LogP contribution is 2.47. The van der Waals surface area contributed by atoms with Crippen molar-refractivity contribution in [2.75, 3.05) is 5.32 Å². The third kappa shape index (κ3) is 3.77. The van der Waals surface area contributed by atoms with Crippen LogP contribution in [0.4, 0.5) is 5.82 Å². The molecule has 4 rings (SSSR count). The van der Waals surface area contributed by atoms with Crippen molar-refractivity contribution < 1.29 is 9.59 Å². The Morgan fingerprint density at radius 1 is 1.24 bits per heavy atom. The van der Waals surface area contributed by atoms with Gasteiger partial charge in [0, 0.05) is 40.0 Å². The van der Waals surface area contributed by atoms with Crippen molar-refractivity contribution in [3.8, 4) is 0 Å². The molecule has 2 aromatic heterocycles. The summed E-state index contributed by atoms with van der Waals surface area (Å²) < 4.78 is 0. The Morgan fingerprint density at radius 2 is 2.03 bits per heavy atom. The lowest BCUT2D eigenvalue weighted by Crippen LogP contribution is -2.39. The first-order valence-electron chi connectivity index (χ1n) is 9.76. The number of nitrogens with zero attached hydrogens (tertiary/aromatic N) is 1. The van der Waals surface area contributed by atoms with Gasteiger partial charge in [0.15, 0.2) is 5.78 Å². The number of hydrogen-bond acceptors (Lipinski definition) is 5. The Balaban J connectivity index is 1.75. The van der Waals surface area contributed by atoms with Gasteiger partial charge < -0.3 is 10.6 Å². The number of carbonyl (C=O) groups is 2. The summed E-state index contributed by atoms with van der Waals surface area (Å²) in [6, 6.07) is 7.67. The van der Waals surface area contributed by atoms with Crippen LogP contribution in [-0.2, 0) is 9.59 Å². The molecular weight excluding hydrogens is 382 g/mol. The van der Waals surface area contributed by atoms with Crippen LogP contribution in [0.1, 0.15) is 50.0 Å². The molecule has 1 aliphatic heterocycles. The zero-order valence-electron chi connectivity index (χ0n) is 17.1. The van der Waals surface area contributed by atoms with Gasteiger partial charge in [-0.2, -0.15) is 0 Å². The van der Waals surface area contributed by atoms with Crippen LogP contribution in [-0.4, -0.2) is 16.7 Å². The topological polar surface area (TPSA) is 71.1 Å². The molecule has 0 bridgehead atoms. The summed E-state index contributed by atoms with van der Waals surface area (Å²) in [6.45, 7) is 8.09. The third-order valence-electron chi connectivity index (χ3n) is 5.47. The Labute approximate surface area is 174 Å². The van der Waals surface area contributed by atoms with Crippen molar-refractivity contribution in [1.29, 1.82) is 0 Å². The second kappa shape index (κ2) is 7.26. The summed E-state index contributed by atoms with van der Waals surface area (Å²) >= 11 is 1.57. The maximum absolute atomic E-state index is 13.3. The number of hydrogen-bond donors (Lipinski definition) is 2. The van der Waals surface area contributed by atoms with Crippen molar-refractivity contribution in [3.63, 3.8) is 0 Å².